The van der Waals surface area contributed by atoms with Crippen LogP contribution in [-0.2, 0) is 0 Å². The molecule has 0 saturated carbocycles. The van der Waals surface area contributed by atoms with Crippen molar-refractivity contribution in [3.05, 3.63) is 11.0 Å². The van der Waals surface area contributed by atoms with Gasteiger partial charge < -0.3 is 5.41 Å². The molecule has 0 heterocycles. The first-order valence-corrected chi connectivity index (χ1v) is 3.66. The Morgan fingerprint density at radius 2 is 2.00 bits per heavy atom. The maximum absolute atomic E-state index is 7.04. The van der Waals surface area contributed by atoms with Gasteiger partial charge in [-0.25, -0.2) is 0 Å². The smallest absolute Gasteiger partial charge is 0.0290 e. The van der Waals surface area contributed by atoms with Crippen molar-refractivity contribution in [3.8, 4) is 0 Å². The molecule has 0 rings (SSSR count). The van der Waals surface area contributed by atoms with E-state index in [1.807, 2.05) is 19.3 Å². The molecular weight excluding hydrogens is 118 g/mol. The average molecular weight is 129 g/mol. The van der Waals surface area contributed by atoms with Crippen LogP contribution >= 0.6 is 11.8 Å². The Morgan fingerprint density at radius 3 is 2.12 bits per heavy atom. The van der Waals surface area contributed by atoms with Gasteiger partial charge in [0, 0.05) is 5.71 Å². The Morgan fingerprint density at radius 1 is 1.50 bits per heavy atom. The molecule has 8 heavy (non-hydrogen) atoms. The fraction of sp³-hybridized carbons (Fsp3) is 0.500. The normalized spacial score (nSPS) is 11.6. The van der Waals surface area contributed by atoms with Crippen molar-refractivity contribution in [3.63, 3.8) is 0 Å². The highest BCUT2D eigenvalue weighted by molar-refractivity contribution is 8.02. The summed E-state index contributed by atoms with van der Waals surface area (Å²) in [5.41, 5.74) is 0.622. The van der Waals surface area contributed by atoms with E-state index in [0.29, 0.717) is 5.71 Å². The summed E-state index contributed by atoms with van der Waals surface area (Å²) in [6.07, 6.45) is 3.86. The van der Waals surface area contributed by atoms with Crippen LogP contribution in [0.2, 0.25) is 0 Å². The Kier molecular flexibility index (Phi) is 3.61. The summed E-state index contributed by atoms with van der Waals surface area (Å²) in [4.78, 5) is 1.19. The van der Waals surface area contributed by atoms with E-state index in [2.05, 4.69) is 0 Å². The van der Waals surface area contributed by atoms with E-state index >= 15 is 0 Å². The van der Waals surface area contributed by atoms with Gasteiger partial charge in [-0.3, -0.25) is 0 Å². The van der Waals surface area contributed by atoms with Gasteiger partial charge in [0.1, 0.15) is 0 Å². The quantitative estimate of drug-likeness (QED) is 0.568. The molecule has 0 unspecified atom stereocenters. The van der Waals surface area contributed by atoms with E-state index < -0.39 is 0 Å². The zero-order chi connectivity index (χ0) is 6.57. The van der Waals surface area contributed by atoms with Crippen LogP contribution in [0.1, 0.15) is 13.8 Å². The molecule has 0 aliphatic rings. The zero-order valence-electron chi connectivity index (χ0n) is 5.49. The molecule has 46 valence electrons. The summed E-state index contributed by atoms with van der Waals surface area (Å²) in [6.45, 7) is 3.78. The monoisotopic (exact) mass is 129 g/mol. The van der Waals surface area contributed by atoms with Crippen molar-refractivity contribution in [2.75, 3.05) is 6.26 Å². The molecule has 0 radical (unpaired) electrons. The lowest BCUT2D eigenvalue weighted by atomic mass is 10.4. The van der Waals surface area contributed by atoms with Crippen LogP contribution in [0.15, 0.2) is 11.0 Å². The van der Waals surface area contributed by atoms with Crippen molar-refractivity contribution in [1.29, 1.82) is 5.41 Å². The molecule has 1 N–H and O–H groups in total. The highest BCUT2D eigenvalue weighted by Gasteiger charge is 1.82. The summed E-state index contributed by atoms with van der Waals surface area (Å²) in [7, 11) is 0. The fourth-order valence-corrected chi connectivity index (χ4v) is 0.658. The second-order valence-electron chi connectivity index (χ2n) is 1.64. The molecule has 0 atom stereocenters. The van der Waals surface area contributed by atoms with Crippen molar-refractivity contribution in [2.24, 2.45) is 0 Å². The molecule has 0 amide bonds. The van der Waals surface area contributed by atoms with E-state index in [4.69, 9.17) is 5.41 Å². The maximum Gasteiger partial charge on any atom is 0.0290 e. The van der Waals surface area contributed by atoms with Crippen molar-refractivity contribution in [1.82, 2.24) is 0 Å². The van der Waals surface area contributed by atoms with Crippen LogP contribution in [0.3, 0.4) is 0 Å². The molecule has 0 aromatic rings. The van der Waals surface area contributed by atoms with Crippen LogP contribution in [0.4, 0.5) is 0 Å². The minimum atomic E-state index is 0.622. The highest BCUT2D eigenvalue weighted by Crippen LogP contribution is 2.08. The summed E-state index contributed by atoms with van der Waals surface area (Å²) < 4.78 is 0. The third-order valence-electron chi connectivity index (χ3n) is 0.742. The average Bonchev–Trinajstić information content (AvgIpc) is 1.65. The predicted molar refractivity (Wildman–Crippen MR) is 40.7 cm³/mol. The standard InChI is InChI=1S/C6H11NS/c1-5(7)4-6(2)8-3/h4,7H,1-3H3/b6-4-,7-5?. The lowest BCUT2D eigenvalue weighted by molar-refractivity contribution is 1.49. The number of thioether (sulfide) groups is 1. The molecule has 0 aromatic heterocycles. The van der Waals surface area contributed by atoms with Gasteiger partial charge in [-0.15, -0.1) is 11.8 Å². The van der Waals surface area contributed by atoms with Crippen LogP contribution in [0, 0.1) is 5.41 Å². The van der Waals surface area contributed by atoms with E-state index in [9.17, 15) is 0 Å². The van der Waals surface area contributed by atoms with E-state index in [1.165, 1.54) is 4.91 Å². The van der Waals surface area contributed by atoms with E-state index in [-0.39, 0.29) is 0 Å². The Balaban J connectivity index is 3.75. The van der Waals surface area contributed by atoms with Gasteiger partial charge in [0.05, 0.1) is 0 Å². The first kappa shape index (κ1) is 7.76. The fourth-order valence-electron chi connectivity index (χ4n) is 0.364. The van der Waals surface area contributed by atoms with E-state index in [0.717, 1.165) is 0 Å². The molecular formula is C6H11NS. The Bertz CT molecular complexity index is 116. The lowest BCUT2D eigenvalue weighted by Gasteiger charge is -1.90. The van der Waals surface area contributed by atoms with E-state index in [1.54, 1.807) is 18.7 Å². The summed E-state index contributed by atoms with van der Waals surface area (Å²) in [5.74, 6) is 0. The molecule has 0 saturated heterocycles. The third-order valence-corrected chi connectivity index (χ3v) is 1.50. The number of rotatable bonds is 2. The summed E-state index contributed by atoms with van der Waals surface area (Å²) in [5, 5.41) is 7.04. The Labute approximate surface area is 54.7 Å². The molecule has 0 fully saturated rings. The van der Waals surface area contributed by atoms with Crippen molar-refractivity contribution >= 4 is 17.5 Å². The van der Waals surface area contributed by atoms with Crippen LogP contribution in [-0.4, -0.2) is 12.0 Å². The second kappa shape index (κ2) is 3.72. The number of allylic oxidation sites excluding steroid dienone is 2. The van der Waals surface area contributed by atoms with Crippen molar-refractivity contribution in [2.45, 2.75) is 13.8 Å². The first-order chi connectivity index (χ1) is 3.66. The van der Waals surface area contributed by atoms with Gasteiger partial charge in [-0.05, 0) is 31.1 Å². The topological polar surface area (TPSA) is 23.9 Å². The summed E-state index contributed by atoms with van der Waals surface area (Å²) in [6, 6.07) is 0. The first-order valence-electron chi connectivity index (χ1n) is 2.44. The molecule has 0 aliphatic carbocycles. The zero-order valence-corrected chi connectivity index (χ0v) is 6.30. The molecule has 0 spiro atoms. The second-order valence-corrected chi connectivity index (χ2v) is 2.69. The van der Waals surface area contributed by atoms with Crippen LogP contribution in [0.25, 0.3) is 0 Å². The van der Waals surface area contributed by atoms with Gasteiger partial charge in [-0.2, -0.15) is 0 Å². The minimum absolute atomic E-state index is 0.622. The van der Waals surface area contributed by atoms with Crippen LogP contribution < -0.4 is 0 Å². The molecule has 1 nitrogen and oxygen atoms in total. The lowest BCUT2D eigenvalue weighted by Crippen LogP contribution is -1.79. The molecule has 0 aliphatic heterocycles. The van der Waals surface area contributed by atoms with Gasteiger partial charge in [0.2, 0.25) is 0 Å². The maximum atomic E-state index is 7.04. The predicted octanol–water partition coefficient (Wildman–Crippen LogP) is 2.29. The number of hydrogen-bond acceptors (Lipinski definition) is 2. The Hall–Kier alpha value is -0.240. The van der Waals surface area contributed by atoms with Gasteiger partial charge in [-0.1, -0.05) is 0 Å². The minimum Gasteiger partial charge on any atom is -0.306 e. The largest absolute Gasteiger partial charge is 0.306 e. The van der Waals surface area contributed by atoms with Crippen molar-refractivity contribution < 1.29 is 0 Å². The van der Waals surface area contributed by atoms with Crippen LogP contribution in [0.5, 0.6) is 0 Å². The van der Waals surface area contributed by atoms with Gasteiger partial charge in [0.15, 0.2) is 0 Å². The third kappa shape index (κ3) is 3.93. The number of nitrogens with one attached hydrogen (secondary N) is 1. The molecule has 2 heteroatoms. The summed E-state index contributed by atoms with van der Waals surface area (Å²) >= 11 is 1.67. The number of hydrogen-bond donors (Lipinski definition) is 1. The van der Waals surface area contributed by atoms with Gasteiger partial charge in [0.25, 0.3) is 0 Å². The molecule has 0 aromatic carbocycles. The molecule has 0 bridgehead atoms. The van der Waals surface area contributed by atoms with Gasteiger partial charge >= 0.3 is 0 Å². The SMILES string of the molecule is CS/C(C)=C\C(C)=N. The highest BCUT2D eigenvalue weighted by atomic mass is 32.2.